The Kier molecular flexibility index (Phi) is 3.75. The molecule has 0 saturated heterocycles. The van der Waals surface area contributed by atoms with Gasteiger partial charge in [-0.05, 0) is 81.1 Å². The van der Waals surface area contributed by atoms with Crippen LogP contribution in [0.2, 0.25) is 0 Å². The summed E-state index contributed by atoms with van der Waals surface area (Å²) in [6.45, 7) is 0.682. The van der Waals surface area contributed by atoms with Crippen molar-refractivity contribution in [1.82, 2.24) is 5.32 Å². The van der Waals surface area contributed by atoms with Gasteiger partial charge in [-0.3, -0.25) is 4.79 Å². The number of hydrogen-bond donors (Lipinski definition) is 2. The molecule has 0 radical (unpaired) electrons. The minimum absolute atomic E-state index is 0.102. The van der Waals surface area contributed by atoms with Crippen LogP contribution in [0.3, 0.4) is 0 Å². The molecule has 3 heteroatoms. The minimum Gasteiger partial charge on any atom is -0.351 e. The van der Waals surface area contributed by atoms with Crippen molar-refractivity contribution < 1.29 is 4.79 Å². The van der Waals surface area contributed by atoms with Gasteiger partial charge in [-0.2, -0.15) is 0 Å². The fraction of sp³-hybridized carbons (Fsp3) is 0.947. The zero-order valence-corrected chi connectivity index (χ0v) is 13.9. The van der Waals surface area contributed by atoms with Crippen molar-refractivity contribution in [1.29, 1.82) is 0 Å². The minimum atomic E-state index is 0.102. The zero-order chi connectivity index (χ0) is 15.2. The summed E-state index contributed by atoms with van der Waals surface area (Å²) in [6.07, 6.45) is 14.8. The van der Waals surface area contributed by atoms with Gasteiger partial charge in [0.15, 0.2) is 0 Å². The second-order valence-corrected chi connectivity index (χ2v) is 9.19. The third-order valence-electron chi connectivity index (χ3n) is 7.33. The lowest BCUT2D eigenvalue weighted by atomic mass is 9.53. The molecule has 0 aromatic carbocycles. The van der Waals surface area contributed by atoms with Crippen LogP contribution in [-0.4, -0.2) is 18.0 Å². The van der Waals surface area contributed by atoms with Crippen molar-refractivity contribution >= 4 is 5.91 Å². The average molecular weight is 304 g/mol. The van der Waals surface area contributed by atoms with Crippen molar-refractivity contribution in [3.63, 3.8) is 0 Å². The normalized spacial score (nSPS) is 42.3. The van der Waals surface area contributed by atoms with E-state index in [0.29, 0.717) is 18.9 Å². The number of nitrogens with two attached hydrogens (primary N) is 1. The van der Waals surface area contributed by atoms with Gasteiger partial charge in [0.1, 0.15) is 0 Å². The first kappa shape index (κ1) is 15.0. The van der Waals surface area contributed by atoms with Gasteiger partial charge < -0.3 is 11.1 Å². The van der Waals surface area contributed by atoms with Crippen LogP contribution in [0.1, 0.15) is 77.0 Å². The largest absolute Gasteiger partial charge is 0.351 e. The molecular weight excluding hydrogens is 272 g/mol. The fourth-order valence-corrected chi connectivity index (χ4v) is 6.70. The highest BCUT2D eigenvalue weighted by molar-refractivity contribution is 5.77. The summed E-state index contributed by atoms with van der Waals surface area (Å²) in [5.74, 6) is 2.98. The molecule has 4 bridgehead atoms. The quantitative estimate of drug-likeness (QED) is 0.836. The van der Waals surface area contributed by atoms with Gasteiger partial charge in [-0.15, -0.1) is 0 Å². The van der Waals surface area contributed by atoms with Crippen LogP contribution in [0.5, 0.6) is 0 Å². The van der Waals surface area contributed by atoms with E-state index in [9.17, 15) is 4.79 Å². The van der Waals surface area contributed by atoms with Gasteiger partial charge >= 0.3 is 0 Å². The Morgan fingerprint density at radius 3 is 2.00 bits per heavy atom. The molecule has 5 fully saturated rings. The maximum atomic E-state index is 12.8. The lowest BCUT2D eigenvalue weighted by Gasteiger charge is -2.57. The maximum absolute atomic E-state index is 12.8. The monoisotopic (exact) mass is 304 g/mol. The highest BCUT2D eigenvalue weighted by atomic mass is 16.1. The van der Waals surface area contributed by atoms with E-state index >= 15 is 0 Å². The fourth-order valence-electron chi connectivity index (χ4n) is 6.70. The zero-order valence-electron chi connectivity index (χ0n) is 13.9. The Balaban J connectivity index is 1.41. The summed E-state index contributed by atoms with van der Waals surface area (Å²) in [5.41, 5.74) is 6.33. The summed E-state index contributed by atoms with van der Waals surface area (Å²) in [6, 6.07) is 0. The van der Waals surface area contributed by atoms with E-state index < -0.39 is 0 Å². The Morgan fingerprint density at radius 1 is 0.955 bits per heavy atom. The van der Waals surface area contributed by atoms with Crippen molar-refractivity contribution in [3.05, 3.63) is 0 Å². The van der Waals surface area contributed by atoms with Crippen LogP contribution >= 0.6 is 0 Å². The topological polar surface area (TPSA) is 55.1 Å². The van der Waals surface area contributed by atoms with Crippen LogP contribution in [0.4, 0.5) is 0 Å². The summed E-state index contributed by atoms with van der Waals surface area (Å²) >= 11 is 0. The number of carbonyl (C=O) groups excluding carboxylic acids is 1. The van der Waals surface area contributed by atoms with Gasteiger partial charge in [-0.1, -0.05) is 19.3 Å². The van der Waals surface area contributed by atoms with Gasteiger partial charge in [-0.25, -0.2) is 0 Å². The molecule has 22 heavy (non-hydrogen) atoms. The Morgan fingerprint density at radius 2 is 1.50 bits per heavy atom. The number of hydrogen-bond acceptors (Lipinski definition) is 2. The number of nitrogens with one attached hydrogen (secondary N) is 1. The van der Waals surface area contributed by atoms with Crippen LogP contribution in [-0.2, 0) is 4.79 Å². The second kappa shape index (κ2) is 5.51. The Labute approximate surface area is 134 Å². The average Bonchev–Trinajstić information content (AvgIpc) is 2.46. The van der Waals surface area contributed by atoms with Gasteiger partial charge in [0.25, 0.3) is 0 Å². The van der Waals surface area contributed by atoms with Crippen LogP contribution in [0.25, 0.3) is 0 Å². The molecular formula is C19H32N2O. The smallest absolute Gasteiger partial charge is 0.221 e. The van der Waals surface area contributed by atoms with E-state index in [1.54, 1.807) is 0 Å². The van der Waals surface area contributed by atoms with Crippen molar-refractivity contribution in [2.75, 3.05) is 6.54 Å². The third kappa shape index (κ3) is 2.70. The summed E-state index contributed by atoms with van der Waals surface area (Å²) < 4.78 is 0. The van der Waals surface area contributed by atoms with E-state index in [0.717, 1.165) is 30.6 Å². The molecule has 0 atom stereocenters. The van der Waals surface area contributed by atoms with E-state index in [-0.39, 0.29) is 11.0 Å². The van der Waals surface area contributed by atoms with Gasteiger partial charge in [0, 0.05) is 12.0 Å². The van der Waals surface area contributed by atoms with Crippen molar-refractivity contribution in [2.45, 2.75) is 82.6 Å². The van der Waals surface area contributed by atoms with E-state index in [4.69, 9.17) is 5.73 Å². The van der Waals surface area contributed by atoms with E-state index in [2.05, 4.69) is 5.32 Å². The van der Waals surface area contributed by atoms with Crippen LogP contribution < -0.4 is 11.1 Å². The molecule has 0 aliphatic heterocycles. The first-order valence-electron chi connectivity index (χ1n) is 9.62. The lowest BCUT2D eigenvalue weighted by molar-refractivity contribution is -0.129. The third-order valence-corrected chi connectivity index (χ3v) is 7.33. The molecule has 5 aliphatic carbocycles. The predicted molar refractivity (Wildman–Crippen MR) is 88.2 cm³/mol. The van der Waals surface area contributed by atoms with Crippen LogP contribution in [0, 0.1) is 23.2 Å². The number of carbonyl (C=O) groups is 1. The number of amides is 1. The molecule has 1 amide bonds. The molecule has 124 valence electrons. The highest BCUT2D eigenvalue weighted by Crippen LogP contribution is 2.55. The molecule has 3 nitrogen and oxygen atoms in total. The highest BCUT2D eigenvalue weighted by Gasteiger charge is 2.51. The molecule has 0 spiro atoms. The molecule has 5 aliphatic rings. The standard InChI is InChI=1S/C19H32N2O/c20-13-18(4-2-1-3-5-18)12-17(22)21-19-9-14-6-15(10-19)8-16(7-14)11-19/h14-16H,1-13,20H2,(H,21,22). The van der Waals surface area contributed by atoms with Crippen LogP contribution in [0.15, 0.2) is 0 Å². The molecule has 0 heterocycles. The molecule has 5 rings (SSSR count). The maximum Gasteiger partial charge on any atom is 0.221 e. The molecule has 3 N–H and O–H groups in total. The summed E-state index contributed by atoms with van der Waals surface area (Å²) in [5, 5.41) is 3.54. The second-order valence-electron chi connectivity index (χ2n) is 9.19. The number of rotatable bonds is 4. The molecule has 0 aromatic heterocycles. The molecule has 5 saturated carbocycles. The molecule has 0 aromatic rings. The summed E-state index contributed by atoms with van der Waals surface area (Å²) in [4.78, 5) is 12.8. The molecule has 0 unspecified atom stereocenters. The van der Waals surface area contributed by atoms with Crippen molar-refractivity contribution in [3.8, 4) is 0 Å². The first-order valence-corrected chi connectivity index (χ1v) is 9.62. The first-order chi connectivity index (χ1) is 10.6. The SMILES string of the molecule is NCC1(CC(=O)NC23CC4CC(CC(C4)C2)C3)CCCCC1. The van der Waals surface area contributed by atoms with Crippen molar-refractivity contribution in [2.24, 2.45) is 28.9 Å². The van der Waals surface area contributed by atoms with E-state index in [1.165, 1.54) is 57.8 Å². The Bertz CT molecular complexity index is 403. The Hall–Kier alpha value is -0.570. The van der Waals surface area contributed by atoms with E-state index in [1.807, 2.05) is 0 Å². The lowest BCUT2D eigenvalue weighted by Crippen LogP contribution is -2.60. The summed E-state index contributed by atoms with van der Waals surface area (Å²) in [7, 11) is 0. The predicted octanol–water partition coefficient (Wildman–Crippen LogP) is 3.37. The van der Waals surface area contributed by atoms with Gasteiger partial charge in [0.05, 0.1) is 0 Å². The van der Waals surface area contributed by atoms with Gasteiger partial charge in [0.2, 0.25) is 5.91 Å².